The Kier molecular flexibility index (Phi) is 4.95. The lowest BCUT2D eigenvalue weighted by Crippen LogP contribution is -2.21. The minimum absolute atomic E-state index is 0.182. The van der Waals surface area contributed by atoms with Crippen LogP contribution in [0.2, 0.25) is 0 Å². The van der Waals surface area contributed by atoms with E-state index >= 15 is 0 Å². The summed E-state index contributed by atoms with van der Waals surface area (Å²) in [4.78, 5) is 14.0. The van der Waals surface area contributed by atoms with Crippen LogP contribution < -0.4 is 11.1 Å². The Morgan fingerprint density at radius 1 is 1.61 bits per heavy atom. The first-order valence-corrected chi connectivity index (χ1v) is 6.12. The van der Waals surface area contributed by atoms with Crippen LogP contribution in [-0.4, -0.2) is 45.2 Å². The molecular weight excluding hydrogens is 252 g/mol. The number of nitrogens with two attached hydrogens (primary N) is 1. The largest absolute Gasteiger partial charge is 0.465 e. The van der Waals surface area contributed by atoms with E-state index in [1.54, 1.807) is 0 Å². The number of carbonyl (C=O) groups excluding carboxylic acids is 1. The van der Waals surface area contributed by atoms with Gasteiger partial charge in [0.15, 0.2) is 0 Å². The summed E-state index contributed by atoms with van der Waals surface area (Å²) in [6, 6.07) is 1.97. The molecule has 0 atom stereocenters. The van der Waals surface area contributed by atoms with E-state index in [4.69, 9.17) is 11.0 Å². The fourth-order valence-corrected chi connectivity index (χ4v) is 2.28. The number of ether oxygens (including phenoxy) is 1. The molecule has 18 heavy (non-hydrogen) atoms. The van der Waals surface area contributed by atoms with Crippen LogP contribution in [-0.2, 0) is 4.74 Å². The van der Waals surface area contributed by atoms with E-state index in [0.29, 0.717) is 16.4 Å². The van der Waals surface area contributed by atoms with E-state index in [2.05, 4.69) is 10.1 Å². The fraction of sp³-hybridized carbons (Fsp3) is 0.455. The Morgan fingerprint density at radius 3 is 2.78 bits per heavy atom. The number of nitrogens with one attached hydrogen (secondary N) is 1. The molecule has 0 aromatic carbocycles. The molecule has 6 nitrogen and oxygen atoms in total. The highest BCUT2D eigenvalue weighted by atomic mass is 32.1. The number of likely N-dealkylation sites (N-methyl/N-ethyl adjacent to an activating group) is 1. The number of esters is 1. The van der Waals surface area contributed by atoms with E-state index in [-0.39, 0.29) is 11.3 Å². The lowest BCUT2D eigenvalue weighted by Gasteiger charge is -2.11. The smallest absolute Gasteiger partial charge is 0.343 e. The molecule has 0 radical (unpaired) electrons. The maximum Gasteiger partial charge on any atom is 0.343 e. The van der Waals surface area contributed by atoms with Gasteiger partial charge in [0.2, 0.25) is 0 Å². The average Bonchev–Trinajstić information content (AvgIpc) is 2.64. The summed E-state index contributed by atoms with van der Waals surface area (Å²) >= 11 is 1.16. The minimum Gasteiger partial charge on any atom is -0.465 e. The average molecular weight is 268 g/mol. The number of nitrogens with zero attached hydrogens (tertiary/aromatic N) is 2. The monoisotopic (exact) mass is 268 g/mol. The van der Waals surface area contributed by atoms with Crippen LogP contribution in [0.5, 0.6) is 0 Å². The predicted octanol–water partition coefficient (Wildman–Crippen LogP) is 0.962. The van der Waals surface area contributed by atoms with Crippen molar-refractivity contribution < 1.29 is 9.53 Å². The zero-order chi connectivity index (χ0) is 13.7. The third kappa shape index (κ3) is 3.12. The molecule has 3 N–H and O–H groups in total. The van der Waals surface area contributed by atoms with Gasteiger partial charge >= 0.3 is 5.97 Å². The van der Waals surface area contributed by atoms with Gasteiger partial charge in [0, 0.05) is 13.1 Å². The molecule has 0 aliphatic heterocycles. The van der Waals surface area contributed by atoms with E-state index in [9.17, 15) is 4.79 Å². The van der Waals surface area contributed by atoms with E-state index in [0.717, 1.165) is 17.9 Å². The topological polar surface area (TPSA) is 91.4 Å². The van der Waals surface area contributed by atoms with Crippen LogP contribution in [0.3, 0.4) is 0 Å². The second-order valence-electron chi connectivity index (χ2n) is 3.88. The normalized spacial score (nSPS) is 10.2. The molecule has 7 heteroatoms. The van der Waals surface area contributed by atoms with Crippen molar-refractivity contribution >= 4 is 28.0 Å². The molecule has 0 aliphatic rings. The molecule has 0 aliphatic carbocycles. The number of nitriles is 1. The first-order valence-electron chi connectivity index (χ1n) is 5.30. The van der Waals surface area contributed by atoms with Crippen molar-refractivity contribution in [1.29, 1.82) is 5.26 Å². The van der Waals surface area contributed by atoms with Gasteiger partial charge in [-0.1, -0.05) is 0 Å². The van der Waals surface area contributed by atoms with Crippen LogP contribution in [0.4, 0.5) is 10.7 Å². The first kappa shape index (κ1) is 14.3. The number of hydrogen-bond acceptors (Lipinski definition) is 7. The molecule has 98 valence electrons. The fourth-order valence-electron chi connectivity index (χ4n) is 1.35. The van der Waals surface area contributed by atoms with E-state index < -0.39 is 5.97 Å². The maximum absolute atomic E-state index is 11.6. The van der Waals surface area contributed by atoms with Crippen LogP contribution in [0.15, 0.2) is 0 Å². The van der Waals surface area contributed by atoms with Crippen molar-refractivity contribution in [2.45, 2.75) is 0 Å². The second-order valence-corrected chi connectivity index (χ2v) is 4.90. The number of methoxy groups -OCH3 is 1. The third-order valence-corrected chi connectivity index (χ3v) is 3.35. The van der Waals surface area contributed by atoms with Crippen molar-refractivity contribution in [3.8, 4) is 6.07 Å². The Morgan fingerprint density at radius 2 is 2.28 bits per heavy atom. The van der Waals surface area contributed by atoms with Crippen LogP contribution in [0.1, 0.15) is 15.2 Å². The number of carbonyl (C=O) groups is 1. The lowest BCUT2D eigenvalue weighted by atomic mass is 10.2. The van der Waals surface area contributed by atoms with Gasteiger partial charge in [-0.2, -0.15) is 5.26 Å². The van der Waals surface area contributed by atoms with Crippen molar-refractivity contribution in [2.75, 3.05) is 45.3 Å². The minimum atomic E-state index is -0.530. The van der Waals surface area contributed by atoms with Gasteiger partial charge in [-0.15, -0.1) is 11.3 Å². The van der Waals surface area contributed by atoms with E-state index in [1.165, 1.54) is 7.11 Å². The summed E-state index contributed by atoms with van der Waals surface area (Å²) in [7, 11) is 5.19. The summed E-state index contributed by atoms with van der Waals surface area (Å²) in [5.41, 5.74) is 6.19. The van der Waals surface area contributed by atoms with Crippen LogP contribution in [0.25, 0.3) is 0 Å². The molecule has 0 fully saturated rings. The molecular formula is C11H16N4O2S. The zero-order valence-electron chi connectivity index (χ0n) is 10.6. The summed E-state index contributed by atoms with van der Waals surface area (Å²) in [6.07, 6.45) is 0. The Labute approximate surface area is 110 Å². The molecule has 0 saturated heterocycles. The Balaban J connectivity index is 2.96. The number of hydrogen-bond donors (Lipinski definition) is 2. The molecule has 1 aromatic heterocycles. The molecule has 0 spiro atoms. The molecule has 0 unspecified atom stereocenters. The summed E-state index contributed by atoms with van der Waals surface area (Å²) < 4.78 is 4.67. The van der Waals surface area contributed by atoms with Gasteiger partial charge in [0.25, 0.3) is 0 Å². The molecule has 0 bridgehead atoms. The molecule has 1 rings (SSSR count). The van der Waals surface area contributed by atoms with Crippen LogP contribution >= 0.6 is 11.3 Å². The van der Waals surface area contributed by atoms with Gasteiger partial charge in [0.05, 0.1) is 12.8 Å². The highest BCUT2D eigenvalue weighted by Gasteiger charge is 2.22. The lowest BCUT2D eigenvalue weighted by molar-refractivity contribution is 0.0603. The molecule has 1 aromatic rings. The van der Waals surface area contributed by atoms with Crippen molar-refractivity contribution in [1.82, 2.24) is 4.90 Å². The first-order chi connectivity index (χ1) is 8.51. The predicted molar refractivity (Wildman–Crippen MR) is 71.8 cm³/mol. The third-order valence-electron chi connectivity index (χ3n) is 2.28. The number of thiophene rings is 1. The quantitative estimate of drug-likeness (QED) is 0.773. The number of anilines is 2. The number of nitrogen functional groups attached to an aromatic ring is 1. The van der Waals surface area contributed by atoms with E-state index in [1.807, 2.05) is 25.1 Å². The molecule has 0 amide bonds. The van der Waals surface area contributed by atoms with Crippen molar-refractivity contribution in [3.63, 3.8) is 0 Å². The van der Waals surface area contributed by atoms with Gasteiger partial charge in [-0.25, -0.2) is 4.79 Å². The number of rotatable bonds is 5. The summed E-state index contributed by atoms with van der Waals surface area (Å²) in [5, 5.41) is 12.6. The molecule has 1 heterocycles. The maximum atomic E-state index is 11.6. The Bertz CT molecular complexity index is 476. The second kappa shape index (κ2) is 6.23. The highest BCUT2D eigenvalue weighted by Crippen LogP contribution is 2.35. The van der Waals surface area contributed by atoms with Gasteiger partial charge < -0.3 is 20.7 Å². The summed E-state index contributed by atoms with van der Waals surface area (Å²) in [6.45, 7) is 1.46. The highest BCUT2D eigenvalue weighted by molar-refractivity contribution is 7.17. The van der Waals surface area contributed by atoms with Crippen molar-refractivity contribution in [2.24, 2.45) is 0 Å². The van der Waals surface area contributed by atoms with Gasteiger partial charge in [-0.3, -0.25) is 0 Å². The van der Waals surface area contributed by atoms with Gasteiger partial charge in [-0.05, 0) is 14.1 Å². The Hall–Kier alpha value is -1.78. The van der Waals surface area contributed by atoms with Crippen LogP contribution in [0, 0.1) is 11.3 Å². The SMILES string of the molecule is COC(=O)c1c(NCCN(C)C)sc(C#N)c1N. The zero-order valence-corrected chi connectivity index (χ0v) is 11.4. The standard InChI is InChI=1S/C11H16N4O2S/c1-15(2)5-4-14-10-8(11(16)17-3)9(13)7(6-12)18-10/h14H,4-5,13H2,1-3H3. The summed E-state index contributed by atoms with van der Waals surface area (Å²) in [5.74, 6) is -0.530. The van der Waals surface area contributed by atoms with Gasteiger partial charge in [0.1, 0.15) is 21.5 Å². The molecule has 0 saturated carbocycles. The van der Waals surface area contributed by atoms with Crippen molar-refractivity contribution in [3.05, 3.63) is 10.4 Å².